The average molecular weight is 469 g/mol. The Morgan fingerprint density at radius 3 is 2.42 bits per heavy atom. The monoisotopic (exact) mass is 468 g/mol. The second kappa shape index (κ2) is 13.3. The van der Waals surface area contributed by atoms with E-state index in [1.165, 1.54) is 82.8 Å². The van der Waals surface area contributed by atoms with Gasteiger partial charge in [0.2, 0.25) is 5.63 Å². The lowest BCUT2D eigenvalue weighted by Crippen LogP contribution is -2.21. The smallest absolute Gasteiger partial charge is 0.201 e. The van der Waals surface area contributed by atoms with Crippen LogP contribution < -0.4 is 0 Å². The van der Waals surface area contributed by atoms with Gasteiger partial charge in [-0.2, -0.15) is 0 Å². The minimum atomic E-state index is -1.76. The Kier molecular flexibility index (Phi) is 10.8. The van der Waals surface area contributed by atoms with Gasteiger partial charge in [-0.05, 0) is 42.2 Å². The molecular weight excluding hydrogens is 426 g/mol. The van der Waals surface area contributed by atoms with Gasteiger partial charge in [-0.3, -0.25) is 0 Å². The highest BCUT2D eigenvalue weighted by Gasteiger charge is 2.25. The number of hydrogen-bond acceptors (Lipinski definition) is 0. The fourth-order valence-electron chi connectivity index (χ4n) is 6.19. The summed E-state index contributed by atoms with van der Waals surface area (Å²) < 4.78 is 27.4. The number of rotatable bonds is 11. The summed E-state index contributed by atoms with van der Waals surface area (Å²) in [5.74, 6) is 1.70. The third-order valence-electron chi connectivity index (χ3n) is 8.17. The molecule has 1 aromatic carbocycles. The molecular formula is C27H43ClF2Si. The zero-order chi connectivity index (χ0) is 22.1. The van der Waals surface area contributed by atoms with E-state index in [1.807, 2.05) is 6.07 Å². The molecule has 3 unspecified atom stereocenters. The molecule has 3 atom stereocenters. The SMILES string of the molecule is CCCCC[SiH]1CCC(CCCCC2CCCC(c3ccc(C(F)Cl)c(F)c3)C2)CC1. The highest BCUT2D eigenvalue weighted by molar-refractivity contribution is 6.58. The van der Waals surface area contributed by atoms with Crippen molar-refractivity contribution in [3.05, 3.63) is 35.1 Å². The molecule has 0 bridgehead atoms. The van der Waals surface area contributed by atoms with Crippen molar-refractivity contribution in [2.45, 2.75) is 120 Å². The van der Waals surface area contributed by atoms with Crippen LogP contribution in [-0.2, 0) is 0 Å². The third-order valence-corrected chi connectivity index (χ3v) is 11.9. The normalized spacial score (nSPS) is 27.9. The molecule has 1 saturated heterocycles. The minimum Gasteiger partial charge on any atom is -0.225 e. The molecule has 1 saturated carbocycles. The van der Waals surface area contributed by atoms with Crippen LogP contribution in [0, 0.1) is 17.7 Å². The minimum absolute atomic E-state index is 0.0320. The van der Waals surface area contributed by atoms with Crippen LogP contribution in [0.4, 0.5) is 8.78 Å². The topological polar surface area (TPSA) is 0 Å². The Morgan fingerprint density at radius 2 is 1.74 bits per heavy atom. The number of alkyl halides is 2. The summed E-state index contributed by atoms with van der Waals surface area (Å²) in [6, 6.07) is 9.78. The molecule has 0 nitrogen and oxygen atoms in total. The Balaban J connectivity index is 1.33. The van der Waals surface area contributed by atoms with Gasteiger partial charge in [-0.15, -0.1) is 0 Å². The fraction of sp³-hybridized carbons (Fsp3) is 0.778. The van der Waals surface area contributed by atoms with E-state index in [-0.39, 0.29) is 14.4 Å². The number of halogens is 3. The molecule has 0 amide bonds. The van der Waals surface area contributed by atoms with Crippen LogP contribution in [0.3, 0.4) is 0 Å². The van der Waals surface area contributed by atoms with Crippen molar-refractivity contribution in [2.75, 3.05) is 0 Å². The molecule has 0 radical (unpaired) electrons. The summed E-state index contributed by atoms with van der Waals surface area (Å²) in [4.78, 5) is 0. The molecule has 2 fully saturated rings. The number of unbranched alkanes of at least 4 members (excludes halogenated alkanes) is 3. The maximum atomic E-state index is 14.2. The van der Waals surface area contributed by atoms with Gasteiger partial charge in [0, 0.05) is 14.4 Å². The summed E-state index contributed by atoms with van der Waals surface area (Å²) in [5, 5.41) is 0. The van der Waals surface area contributed by atoms with Crippen LogP contribution in [0.1, 0.15) is 113 Å². The molecule has 0 N–H and O–H groups in total. The van der Waals surface area contributed by atoms with E-state index in [0.29, 0.717) is 5.92 Å². The van der Waals surface area contributed by atoms with Crippen LogP contribution >= 0.6 is 11.6 Å². The van der Waals surface area contributed by atoms with Gasteiger partial charge in [-0.1, -0.05) is 119 Å². The Labute approximate surface area is 196 Å². The van der Waals surface area contributed by atoms with Gasteiger partial charge >= 0.3 is 0 Å². The molecule has 4 heteroatoms. The Morgan fingerprint density at radius 1 is 1.00 bits per heavy atom. The lowest BCUT2D eigenvalue weighted by Gasteiger charge is -2.30. The van der Waals surface area contributed by atoms with Gasteiger partial charge in [-0.25, -0.2) is 8.78 Å². The van der Waals surface area contributed by atoms with Crippen molar-refractivity contribution >= 4 is 20.4 Å². The van der Waals surface area contributed by atoms with E-state index in [0.717, 1.165) is 30.2 Å². The first kappa shape index (κ1) is 25.2. The lowest BCUT2D eigenvalue weighted by atomic mass is 9.76. The second-order valence-corrected chi connectivity index (χ2v) is 14.3. The molecule has 1 heterocycles. The molecule has 1 aliphatic carbocycles. The summed E-state index contributed by atoms with van der Waals surface area (Å²) in [6.07, 6.45) is 17.7. The molecule has 1 aromatic rings. The molecule has 0 aromatic heterocycles. The van der Waals surface area contributed by atoms with Crippen molar-refractivity contribution < 1.29 is 8.78 Å². The maximum absolute atomic E-state index is 14.2. The molecule has 2 aliphatic rings. The van der Waals surface area contributed by atoms with Crippen molar-refractivity contribution in [1.82, 2.24) is 0 Å². The zero-order valence-electron chi connectivity index (χ0n) is 19.6. The molecule has 3 rings (SSSR count). The predicted octanol–water partition coefficient (Wildman–Crippen LogP) is 9.69. The van der Waals surface area contributed by atoms with E-state index in [4.69, 9.17) is 11.6 Å². The van der Waals surface area contributed by atoms with Gasteiger partial charge in [0.05, 0.1) is 0 Å². The highest BCUT2D eigenvalue weighted by atomic mass is 35.5. The second-order valence-electron chi connectivity index (χ2n) is 10.5. The van der Waals surface area contributed by atoms with E-state index < -0.39 is 11.4 Å². The van der Waals surface area contributed by atoms with Crippen LogP contribution in [-0.4, -0.2) is 8.80 Å². The van der Waals surface area contributed by atoms with Crippen LogP contribution in [0.25, 0.3) is 0 Å². The van der Waals surface area contributed by atoms with Crippen molar-refractivity contribution in [1.29, 1.82) is 0 Å². The summed E-state index contributed by atoms with van der Waals surface area (Å²) in [6.45, 7) is 2.31. The van der Waals surface area contributed by atoms with Crippen LogP contribution in [0.15, 0.2) is 18.2 Å². The molecule has 31 heavy (non-hydrogen) atoms. The van der Waals surface area contributed by atoms with E-state index in [1.54, 1.807) is 18.1 Å². The van der Waals surface area contributed by atoms with Crippen molar-refractivity contribution in [2.24, 2.45) is 11.8 Å². The van der Waals surface area contributed by atoms with Crippen molar-refractivity contribution in [3.63, 3.8) is 0 Å². The maximum Gasteiger partial charge on any atom is 0.201 e. The van der Waals surface area contributed by atoms with E-state index in [9.17, 15) is 8.78 Å². The van der Waals surface area contributed by atoms with E-state index in [2.05, 4.69) is 6.92 Å². The van der Waals surface area contributed by atoms with Gasteiger partial charge < -0.3 is 0 Å². The molecule has 0 spiro atoms. The standard InChI is InChI=1S/C27H43ClF2Si/c1-2-3-6-16-31-17-14-21(15-18-31)8-4-5-9-22-10-7-11-23(19-22)24-12-13-25(27(28)30)26(29)20-24/h12-13,20-23,27,31H,2-11,14-19H2,1H3. The summed E-state index contributed by atoms with van der Waals surface area (Å²) in [7, 11) is -0.365. The van der Waals surface area contributed by atoms with Crippen molar-refractivity contribution in [3.8, 4) is 0 Å². The first-order valence-electron chi connectivity index (χ1n) is 13.1. The van der Waals surface area contributed by atoms with Gasteiger partial charge in [0.25, 0.3) is 0 Å². The van der Waals surface area contributed by atoms with Crippen LogP contribution in [0.2, 0.25) is 18.1 Å². The summed E-state index contributed by atoms with van der Waals surface area (Å²) >= 11 is 5.42. The van der Waals surface area contributed by atoms with E-state index >= 15 is 0 Å². The molecule has 1 aliphatic heterocycles. The predicted molar refractivity (Wildman–Crippen MR) is 133 cm³/mol. The fourth-order valence-corrected chi connectivity index (χ4v) is 9.98. The van der Waals surface area contributed by atoms with Crippen LogP contribution in [0.5, 0.6) is 0 Å². The quantitative estimate of drug-likeness (QED) is 0.172. The average Bonchev–Trinajstić information content (AvgIpc) is 2.78. The first-order valence-corrected chi connectivity index (χ1v) is 16.0. The zero-order valence-corrected chi connectivity index (χ0v) is 21.5. The van der Waals surface area contributed by atoms with Gasteiger partial charge in [0.1, 0.15) is 5.82 Å². The summed E-state index contributed by atoms with van der Waals surface area (Å²) in [5.41, 5.74) is -0.759. The largest absolute Gasteiger partial charge is 0.225 e. The third kappa shape index (κ3) is 8.14. The molecule has 176 valence electrons. The Bertz CT molecular complexity index is 642. The highest BCUT2D eigenvalue weighted by Crippen LogP contribution is 2.40. The number of hydrogen-bond donors (Lipinski definition) is 0. The van der Waals surface area contributed by atoms with Gasteiger partial charge in [0.15, 0.2) is 0 Å². The Hall–Kier alpha value is -0.413. The first-order chi connectivity index (χ1) is 15.1. The lowest BCUT2D eigenvalue weighted by molar-refractivity contribution is 0.293. The number of benzene rings is 1.